The number of hydrogen-bond donors (Lipinski definition) is 0. The molecule has 0 radical (unpaired) electrons. The fourth-order valence-electron chi connectivity index (χ4n) is 2.80. The van der Waals surface area contributed by atoms with Gasteiger partial charge in [0, 0.05) is 43.9 Å². The van der Waals surface area contributed by atoms with E-state index in [4.69, 9.17) is 0 Å². The molecule has 1 aliphatic heterocycles. The Kier molecular flexibility index (Phi) is 5.26. The van der Waals surface area contributed by atoms with Crippen molar-refractivity contribution in [2.45, 2.75) is 11.4 Å². The van der Waals surface area contributed by atoms with Crippen LogP contribution >= 0.6 is 15.9 Å². The van der Waals surface area contributed by atoms with Gasteiger partial charge in [0.2, 0.25) is 0 Å². The van der Waals surface area contributed by atoms with Crippen molar-refractivity contribution >= 4 is 31.9 Å². The van der Waals surface area contributed by atoms with Gasteiger partial charge in [-0.2, -0.15) is 4.31 Å². The Morgan fingerprint density at radius 1 is 1.16 bits per heavy atom. The molecule has 1 amide bonds. The third-order valence-electron chi connectivity index (χ3n) is 4.13. The molecule has 0 unspecified atom stereocenters. The number of imidazole rings is 1. The van der Waals surface area contributed by atoms with Gasteiger partial charge in [0.05, 0.1) is 11.9 Å². The molecule has 1 aromatic carbocycles. The minimum absolute atomic E-state index is 0.0422. The van der Waals surface area contributed by atoms with Crippen molar-refractivity contribution in [2.24, 2.45) is 7.05 Å². The Balaban J connectivity index is 1.74. The number of aryl methyl sites for hydroxylation is 1. The molecular weight excluding hydrogens is 408 g/mol. The van der Waals surface area contributed by atoms with Crippen LogP contribution in [0.3, 0.4) is 0 Å². The molecule has 1 aliphatic rings. The first kappa shape index (κ1) is 18.1. The number of rotatable bonds is 3. The van der Waals surface area contributed by atoms with Crippen LogP contribution < -0.4 is 0 Å². The smallest absolute Gasteiger partial charge is 0.262 e. The summed E-state index contributed by atoms with van der Waals surface area (Å²) in [4.78, 5) is 18.4. The number of aromatic nitrogens is 2. The molecule has 1 fully saturated rings. The third-order valence-corrected chi connectivity index (χ3v) is 6.61. The summed E-state index contributed by atoms with van der Waals surface area (Å²) < 4.78 is 29.1. The molecule has 0 spiro atoms. The van der Waals surface area contributed by atoms with E-state index in [1.165, 1.54) is 16.8 Å². The minimum Gasteiger partial charge on any atom is -0.339 e. The van der Waals surface area contributed by atoms with Gasteiger partial charge in [-0.1, -0.05) is 12.1 Å². The number of hydrogen-bond acceptors (Lipinski definition) is 4. The first-order valence-electron chi connectivity index (χ1n) is 7.91. The number of carbonyl (C=O) groups excluding carboxylic acids is 1. The topological polar surface area (TPSA) is 75.5 Å². The fourth-order valence-corrected chi connectivity index (χ4v) is 4.69. The van der Waals surface area contributed by atoms with Crippen molar-refractivity contribution in [2.75, 3.05) is 26.2 Å². The van der Waals surface area contributed by atoms with Crippen LogP contribution in [-0.4, -0.2) is 59.3 Å². The summed E-state index contributed by atoms with van der Waals surface area (Å²) in [6.07, 6.45) is 3.54. The minimum atomic E-state index is -3.63. The number of sulfonamides is 1. The van der Waals surface area contributed by atoms with E-state index in [1.807, 2.05) is 18.2 Å². The van der Waals surface area contributed by atoms with E-state index in [0.717, 1.165) is 4.47 Å². The van der Waals surface area contributed by atoms with Gasteiger partial charge in [0.1, 0.15) is 0 Å². The molecule has 25 heavy (non-hydrogen) atoms. The highest BCUT2D eigenvalue weighted by atomic mass is 79.9. The molecule has 1 aromatic heterocycles. The summed E-state index contributed by atoms with van der Waals surface area (Å²) in [7, 11) is -1.90. The Morgan fingerprint density at radius 3 is 2.60 bits per heavy atom. The van der Waals surface area contributed by atoms with Crippen LogP contribution in [-0.2, 0) is 17.1 Å². The van der Waals surface area contributed by atoms with E-state index in [1.54, 1.807) is 22.6 Å². The van der Waals surface area contributed by atoms with Crippen molar-refractivity contribution in [1.29, 1.82) is 0 Å². The lowest BCUT2D eigenvalue weighted by Crippen LogP contribution is -2.37. The first-order valence-corrected chi connectivity index (χ1v) is 10.1. The van der Waals surface area contributed by atoms with Crippen molar-refractivity contribution < 1.29 is 13.2 Å². The van der Waals surface area contributed by atoms with Crippen LogP contribution in [0.5, 0.6) is 0 Å². The van der Waals surface area contributed by atoms with Gasteiger partial charge >= 0.3 is 0 Å². The van der Waals surface area contributed by atoms with Gasteiger partial charge in [-0.3, -0.25) is 4.79 Å². The zero-order valence-electron chi connectivity index (χ0n) is 13.8. The van der Waals surface area contributed by atoms with Crippen molar-refractivity contribution in [1.82, 2.24) is 18.8 Å². The van der Waals surface area contributed by atoms with Gasteiger partial charge in [0.15, 0.2) is 5.03 Å². The number of amides is 1. The fraction of sp³-hybridized carbons (Fsp3) is 0.375. The molecule has 3 rings (SSSR count). The average Bonchev–Trinajstić information content (AvgIpc) is 2.88. The molecule has 7 nitrogen and oxygen atoms in total. The summed E-state index contributed by atoms with van der Waals surface area (Å²) in [5.74, 6) is -0.0930. The van der Waals surface area contributed by atoms with Gasteiger partial charge in [-0.25, -0.2) is 13.4 Å². The highest BCUT2D eigenvalue weighted by molar-refractivity contribution is 9.10. The van der Waals surface area contributed by atoms with E-state index in [-0.39, 0.29) is 17.5 Å². The quantitative estimate of drug-likeness (QED) is 0.748. The van der Waals surface area contributed by atoms with Crippen LogP contribution in [0.4, 0.5) is 0 Å². The Hall–Kier alpha value is -1.71. The van der Waals surface area contributed by atoms with Crippen molar-refractivity contribution in [3.05, 3.63) is 46.8 Å². The van der Waals surface area contributed by atoms with Crippen molar-refractivity contribution in [3.63, 3.8) is 0 Å². The Labute approximate surface area is 155 Å². The first-order chi connectivity index (χ1) is 11.9. The van der Waals surface area contributed by atoms with E-state index in [9.17, 15) is 13.2 Å². The SMILES string of the molecule is Cn1cnc(S(=O)(=O)N2CCCN(C(=O)c3ccccc3Br)CC2)c1. The number of nitrogens with zero attached hydrogens (tertiary/aromatic N) is 4. The zero-order valence-corrected chi connectivity index (χ0v) is 16.2. The molecule has 2 heterocycles. The molecule has 2 aromatic rings. The summed E-state index contributed by atoms with van der Waals surface area (Å²) in [5.41, 5.74) is 0.587. The molecule has 0 N–H and O–H groups in total. The molecule has 0 atom stereocenters. The second-order valence-corrected chi connectivity index (χ2v) is 8.65. The summed E-state index contributed by atoms with van der Waals surface area (Å²) in [6, 6.07) is 7.25. The predicted molar refractivity (Wildman–Crippen MR) is 96.6 cm³/mol. The van der Waals surface area contributed by atoms with E-state index < -0.39 is 10.0 Å². The van der Waals surface area contributed by atoms with E-state index in [0.29, 0.717) is 31.6 Å². The van der Waals surface area contributed by atoms with E-state index >= 15 is 0 Å². The van der Waals surface area contributed by atoms with Gasteiger partial charge < -0.3 is 9.47 Å². The third kappa shape index (κ3) is 3.78. The number of benzene rings is 1. The molecule has 9 heteroatoms. The number of halogens is 1. The Bertz CT molecular complexity index is 881. The largest absolute Gasteiger partial charge is 0.339 e. The Morgan fingerprint density at radius 2 is 1.92 bits per heavy atom. The van der Waals surface area contributed by atoms with Crippen LogP contribution in [0.15, 0.2) is 46.3 Å². The van der Waals surface area contributed by atoms with E-state index in [2.05, 4.69) is 20.9 Å². The lowest BCUT2D eigenvalue weighted by Gasteiger charge is -2.22. The highest BCUT2D eigenvalue weighted by Gasteiger charge is 2.30. The summed E-state index contributed by atoms with van der Waals surface area (Å²) >= 11 is 3.40. The zero-order chi connectivity index (χ0) is 18.0. The normalized spacial score (nSPS) is 16.6. The molecule has 1 saturated heterocycles. The maximum Gasteiger partial charge on any atom is 0.262 e. The second-order valence-electron chi connectivity index (χ2n) is 5.91. The maximum atomic E-state index is 12.7. The maximum absolute atomic E-state index is 12.7. The average molecular weight is 427 g/mol. The van der Waals surface area contributed by atoms with Crippen LogP contribution in [0.1, 0.15) is 16.8 Å². The van der Waals surface area contributed by atoms with Crippen LogP contribution in [0.2, 0.25) is 0 Å². The van der Waals surface area contributed by atoms with Gasteiger partial charge in [-0.15, -0.1) is 0 Å². The van der Waals surface area contributed by atoms with Gasteiger partial charge in [0.25, 0.3) is 15.9 Å². The molecule has 134 valence electrons. The molecule has 0 saturated carbocycles. The van der Waals surface area contributed by atoms with Crippen LogP contribution in [0, 0.1) is 0 Å². The second kappa shape index (κ2) is 7.27. The predicted octanol–water partition coefficient (Wildman–Crippen LogP) is 1.72. The standard InChI is InChI=1S/C16H19BrN4O3S/c1-19-11-15(18-12-19)25(23,24)21-8-4-7-20(9-10-21)16(22)13-5-2-3-6-14(13)17/h2-3,5-6,11-12H,4,7-10H2,1H3. The number of carbonyl (C=O) groups is 1. The summed E-state index contributed by atoms with van der Waals surface area (Å²) in [6.45, 7) is 1.51. The monoisotopic (exact) mass is 426 g/mol. The molecular formula is C16H19BrN4O3S. The van der Waals surface area contributed by atoms with Gasteiger partial charge in [-0.05, 0) is 34.5 Å². The van der Waals surface area contributed by atoms with Crippen LogP contribution in [0.25, 0.3) is 0 Å². The summed E-state index contributed by atoms with van der Waals surface area (Å²) in [5, 5.41) is 0.0422. The highest BCUT2D eigenvalue weighted by Crippen LogP contribution is 2.20. The molecule has 0 bridgehead atoms. The lowest BCUT2D eigenvalue weighted by molar-refractivity contribution is 0.0763. The lowest BCUT2D eigenvalue weighted by atomic mass is 10.2. The van der Waals surface area contributed by atoms with Crippen molar-refractivity contribution in [3.8, 4) is 0 Å². The molecule has 0 aliphatic carbocycles.